The summed E-state index contributed by atoms with van der Waals surface area (Å²) in [4.78, 5) is 0. The summed E-state index contributed by atoms with van der Waals surface area (Å²) in [5.74, 6) is -1.34. The molecule has 0 saturated carbocycles. The second kappa shape index (κ2) is 3.49. The third kappa shape index (κ3) is 1.81. The van der Waals surface area contributed by atoms with Gasteiger partial charge in [0.2, 0.25) is 0 Å². The Morgan fingerprint density at radius 2 is 1.69 bits per heavy atom. The van der Waals surface area contributed by atoms with Gasteiger partial charge in [-0.2, -0.15) is 0 Å². The zero-order valence-electron chi connectivity index (χ0n) is 6.74. The van der Waals surface area contributed by atoms with Gasteiger partial charge in [-0.25, -0.2) is 4.39 Å². The Balaban J connectivity index is 3.20. The van der Waals surface area contributed by atoms with Gasteiger partial charge in [0.25, 0.3) is 0 Å². The highest BCUT2D eigenvalue weighted by Crippen LogP contribution is 2.37. The van der Waals surface area contributed by atoms with Crippen molar-refractivity contribution < 1.29 is 19.7 Å². The fourth-order valence-electron chi connectivity index (χ4n) is 1.05. The van der Waals surface area contributed by atoms with Gasteiger partial charge in [-0.15, -0.1) is 0 Å². The highest BCUT2D eigenvalue weighted by atomic mass is 19.1. The first-order valence-corrected chi connectivity index (χ1v) is 3.65. The molecule has 0 radical (unpaired) electrons. The van der Waals surface area contributed by atoms with E-state index in [2.05, 4.69) is 0 Å². The second-order valence-corrected chi connectivity index (χ2v) is 2.60. The Labute approximate surface area is 74.0 Å². The van der Waals surface area contributed by atoms with Crippen molar-refractivity contribution in [3.05, 3.63) is 17.7 Å². The summed E-state index contributed by atoms with van der Waals surface area (Å²) in [6, 6.07) is 1.88. The van der Waals surface area contributed by atoms with E-state index in [1.807, 2.05) is 0 Å². The minimum atomic E-state index is -1.64. The van der Waals surface area contributed by atoms with E-state index in [0.29, 0.717) is 0 Å². The quantitative estimate of drug-likeness (QED) is 0.550. The largest absolute Gasteiger partial charge is 0.508 e. The van der Waals surface area contributed by atoms with Gasteiger partial charge in [0.05, 0.1) is 5.56 Å². The molecule has 1 atom stereocenters. The average molecular weight is 187 g/mol. The maximum atomic E-state index is 13.0. The molecule has 0 amide bonds. The van der Waals surface area contributed by atoms with Crippen molar-refractivity contribution in [2.75, 3.05) is 6.54 Å². The highest BCUT2D eigenvalue weighted by Gasteiger charge is 2.18. The lowest BCUT2D eigenvalue weighted by atomic mass is 10.1. The number of phenolic OH excluding ortho intramolecular Hbond substituents is 3. The maximum Gasteiger partial charge on any atom is 0.144 e. The molecule has 1 aromatic rings. The van der Waals surface area contributed by atoms with Crippen LogP contribution in [-0.2, 0) is 0 Å². The highest BCUT2D eigenvalue weighted by molar-refractivity contribution is 5.49. The molecule has 4 nitrogen and oxygen atoms in total. The third-order valence-electron chi connectivity index (χ3n) is 1.64. The Kier molecular flexibility index (Phi) is 2.57. The smallest absolute Gasteiger partial charge is 0.144 e. The zero-order valence-corrected chi connectivity index (χ0v) is 6.74. The van der Waals surface area contributed by atoms with E-state index in [9.17, 15) is 4.39 Å². The van der Waals surface area contributed by atoms with Gasteiger partial charge in [0, 0.05) is 18.7 Å². The lowest BCUT2D eigenvalue weighted by molar-refractivity contribution is 0.321. The number of nitrogens with two attached hydrogens (primary N) is 1. The second-order valence-electron chi connectivity index (χ2n) is 2.60. The first-order chi connectivity index (χ1) is 6.06. The molecule has 0 spiro atoms. The van der Waals surface area contributed by atoms with E-state index in [4.69, 9.17) is 21.1 Å². The van der Waals surface area contributed by atoms with E-state index >= 15 is 0 Å². The molecule has 0 saturated heterocycles. The number of phenols is 3. The molecule has 0 aliphatic heterocycles. The first kappa shape index (κ1) is 9.60. The van der Waals surface area contributed by atoms with Crippen LogP contribution in [0.25, 0.3) is 0 Å². The van der Waals surface area contributed by atoms with Crippen molar-refractivity contribution in [3.63, 3.8) is 0 Å². The van der Waals surface area contributed by atoms with Crippen molar-refractivity contribution in [1.82, 2.24) is 0 Å². The topological polar surface area (TPSA) is 86.7 Å². The number of benzene rings is 1. The summed E-state index contributed by atoms with van der Waals surface area (Å²) < 4.78 is 13.0. The van der Waals surface area contributed by atoms with E-state index in [0.717, 1.165) is 12.1 Å². The van der Waals surface area contributed by atoms with E-state index in [1.54, 1.807) is 0 Å². The van der Waals surface area contributed by atoms with Crippen LogP contribution in [-0.4, -0.2) is 21.9 Å². The van der Waals surface area contributed by atoms with Crippen molar-refractivity contribution in [2.45, 2.75) is 6.17 Å². The fraction of sp³-hybridized carbons (Fsp3) is 0.250. The zero-order chi connectivity index (χ0) is 10.0. The molecule has 5 heteroatoms. The Morgan fingerprint density at radius 3 is 2.08 bits per heavy atom. The molecule has 0 fully saturated rings. The van der Waals surface area contributed by atoms with Gasteiger partial charge in [0.15, 0.2) is 0 Å². The molecule has 1 unspecified atom stereocenters. The molecule has 0 heterocycles. The van der Waals surface area contributed by atoms with Crippen LogP contribution in [0.4, 0.5) is 4.39 Å². The molecule has 0 aliphatic rings. The SMILES string of the molecule is NCC(F)c1c(O)cc(O)cc1O. The van der Waals surface area contributed by atoms with E-state index in [-0.39, 0.29) is 17.9 Å². The lowest BCUT2D eigenvalue weighted by Gasteiger charge is -2.10. The summed E-state index contributed by atoms with van der Waals surface area (Å²) in [6.07, 6.45) is -1.64. The van der Waals surface area contributed by atoms with Crippen LogP contribution in [0.5, 0.6) is 17.2 Å². The molecule has 72 valence electrons. The van der Waals surface area contributed by atoms with Crippen molar-refractivity contribution in [2.24, 2.45) is 5.73 Å². The molecule has 1 aromatic carbocycles. The standard InChI is InChI=1S/C8H10FNO3/c9-5(3-10)8-6(12)1-4(11)2-7(8)13/h1-2,5,11-13H,3,10H2. The normalized spacial score (nSPS) is 12.8. The van der Waals surface area contributed by atoms with Crippen molar-refractivity contribution >= 4 is 0 Å². The van der Waals surface area contributed by atoms with E-state index in [1.165, 1.54) is 0 Å². The maximum absolute atomic E-state index is 13.0. The number of rotatable bonds is 2. The summed E-state index contributed by atoms with van der Waals surface area (Å²) in [6.45, 7) is -0.341. The number of halogens is 1. The van der Waals surface area contributed by atoms with Crippen LogP contribution in [0.1, 0.15) is 11.7 Å². The number of aromatic hydroxyl groups is 3. The molecule has 0 bridgehead atoms. The molecule has 0 aromatic heterocycles. The lowest BCUT2D eigenvalue weighted by Crippen LogP contribution is -2.07. The van der Waals surface area contributed by atoms with Gasteiger partial charge < -0.3 is 21.1 Å². The molecule has 5 N–H and O–H groups in total. The number of hydrogen-bond donors (Lipinski definition) is 4. The average Bonchev–Trinajstić information content (AvgIpc) is 2.02. The van der Waals surface area contributed by atoms with Crippen LogP contribution >= 0.6 is 0 Å². The fourth-order valence-corrected chi connectivity index (χ4v) is 1.05. The Morgan fingerprint density at radius 1 is 1.23 bits per heavy atom. The number of alkyl halides is 1. The summed E-state index contributed by atoms with van der Waals surface area (Å²) in [5, 5.41) is 27.2. The monoisotopic (exact) mass is 187 g/mol. The molecular formula is C8H10FNO3. The molecular weight excluding hydrogens is 177 g/mol. The van der Waals surface area contributed by atoms with Gasteiger partial charge in [-0.1, -0.05) is 0 Å². The minimum Gasteiger partial charge on any atom is -0.508 e. The third-order valence-corrected chi connectivity index (χ3v) is 1.64. The molecule has 13 heavy (non-hydrogen) atoms. The van der Waals surface area contributed by atoms with Crippen LogP contribution in [0.15, 0.2) is 12.1 Å². The van der Waals surface area contributed by atoms with Gasteiger partial charge in [-0.05, 0) is 0 Å². The van der Waals surface area contributed by atoms with Crippen molar-refractivity contribution in [3.8, 4) is 17.2 Å². The summed E-state index contributed by atoms with van der Waals surface area (Å²) >= 11 is 0. The van der Waals surface area contributed by atoms with Crippen LogP contribution in [0.3, 0.4) is 0 Å². The van der Waals surface area contributed by atoms with E-state index < -0.39 is 17.7 Å². The molecule has 0 aliphatic carbocycles. The predicted octanol–water partition coefficient (Wildman–Crippen LogP) is 0.773. The van der Waals surface area contributed by atoms with Gasteiger partial charge >= 0.3 is 0 Å². The van der Waals surface area contributed by atoms with Gasteiger partial charge in [0.1, 0.15) is 23.4 Å². The minimum absolute atomic E-state index is 0.291. The molecule has 1 rings (SSSR count). The summed E-state index contributed by atoms with van der Waals surface area (Å²) in [7, 11) is 0. The van der Waals surface area contributed by atoms with Gasteiger partial charge in [-0.3, -0.25) is 0 Å². The Hall–Kier alpha value is -1.49. The number of hydrogen-bond acceptors (Lipinski definition) is 4. The van der Waals surface area contributed by atoms with Crippen LogP contribution in [0, 0.1) is 0 Å². The first-order valence-electron chi connectivity index (χ1n) is 3.65. The predicted molar refractivity (Wildman–Crippen MR) is 44.3 cm³/mol. The summed E-state index contributed by atoms with van der Waals surface area (Å²) in [5.41, 5.74) is 4.73. The Bertz CT molecular complexity index is 293. The van der Waals surface area contributed by atoms with Crippen LogP contribution in [0.2, 0.25) is 0 Å². The van der Waals surface area contributed by atoms with Crippen molar-refractivity contribution in [1.29, 1.82) is 0 Å². The van der Waals surface area contributed by atoms with Crippen LogP contribution < -0.4 is 5.73 Å².